The maximum absolute atomic E-state index is 13.4. The van der Waals surface area contributed by atoms with Crippen LogP contribution in [0, 0.1) is 5.92 Å². The Bertz CT molecular complexity index is 1350. The third-order valence-electron chi connectivity index (χ3n) is 6.94. The van der Waals surface area contributed by atoms with Crippen molar-refractivity contribution in [3.63, 3.8) is 0 Å². The molecule has 3 aromatic rings. The highest BCUT2D eigenvalue weighted by molar-refractivity contribution is 7.20. The number of hydrogen-bond donors (Lipinski definition) is 3. The first-order chi connectivity index (χ1) is 20.5. The normalized spacial score (nSPS) is 15.7. The number of amides is 2. The summed E-state index contributed by atoms with van der Waals surface area (Å²) in [4.78, 5) is 54.6. The second-order valence-electron chi connectivity index (χ2n) is 10.2. The summed E-state index contributed by atoms with van der Waals surface area (Å²) in [5.74, 6) is -3.33. The first-order valence-electron chi connectivity index (χ1n) is 14.0. The number of piperidine rings is 1. The number of carbonyl (C=O) groups is 4. The zero-order valence-electron chi connectivity index (χ0n) is 23.5. The van der Waals surface area contributed by atoms with Gasteiger partial charge in [-0.25, -0.2) is 9.78 Å². The average Bonchev–Trinajstić information content (AvgIpc) is 3.44. The van der Waals surface area contributed by atoms with Gasteiger partial charge in [0.2, 0.25) is 17.6 Å². The zero-order chi connectivity index (χ0) is 31.4. The Hall–Kier alpha value is -3.84. The van der Waals surface area contributed by atoms with Gasteiger partial charge >= 0.3 is 12.1 Å². The predicted octanol–water partition coefficient (Wildman–Crippen LogP) is 4.60. The van der Waals surface area contributed by atoms with E-state index in [1.54, 1.807) is 4.90 Å². The third kappa shape index (κ3) is 10.4. The predicted molar refractivity (Wildman–Crippen MR) is 157 cm³/mol. The molecule has 1 unspecified atom stereocenters. The lowest BCUT2D eigenvalue weighted by Gasteiger charge is -2.33. The summed E-state index contributed by atoms with van der Waals surface area (Å²) in [5.41, 5.74) is 7.57. The molecule has 0 bridgehead atoms. The Morgan fingerprint density at radius 3 is 2.40 bits per heavy atom. The molecule has 1 saturated heterocycles. The summed E-state index contributed by atoms with van der Waals surface area (Å²) in [7, 11) is 0. The van der Waals surface area contributed by atoms with Gasteiger partial charge in [0.25, 0.3) is 0 Å². The summed E-state index contributed by atoms with van der Waals surface area (Å²) < 4.78 is 32.7. The number of carbonyl (C=O) groups excluding carboxylic acids is 3. The van der Waals surface area contributed by atoms with E-state index < -0.39 is 18.2 Å². The Balaban J connectivity index is 0.000000646. The van der Waals surface area contributed by atoms with Gasteiger partial charge in [0, 0.05) is 19.5 Å². The molecule has 4 N–H and O–H groups in total. The SMILES string of the molecule is NCCCCC(NC(=O)[C@@H]1CCCN(C(=O)CCc2ccccc2)C1)C(=O)c1nc2ccccc2s1.O=C(O)C(F)(F)F. The summed E-state index contributed by atoms with van der Waals surface area (Å²) in [5, 5.41) is 10.5. The highest BCUT2D eigenvalue weighted by Gasteiger charge is 2.38. The van der Waals surface area contributed by atoms with Crippen LogP contribution in [-0.2, 0) is 20.8 Å². The van der Waals surface area contributed by atoms with E-state index in [9.17, 15) is 27.6 Å². The van der Waals surface area contributed by atoms with Crippen molar-refractivity contribution in [3.8, 4) is 0 Å². The van der Waals surface area contributed by atoms with Crippen molar-refractivity contribution in [1.29, 1.82) is 0 Å². The van der Waals surface area contributed by atoms with Crippen LogP contribution in [0.4, 0.5) is 13.2 Å². The number of aliphatic carboxylic acids is 1. The van der Waals surface area contributed by atoms with Gasteiger partial charge in [0.05, 0.1) is 22.2 Å². The van der Waals surface area contributed by atoms with Crippen LogP contribution >= 0.6 is 11.3 Å². The van der Waals surface area contributed by atoms with Crippen molar-refractivity contribution in [2.75, 3.05) is 19.6 Å². The van der Waals surface area contributed by atoms with Gasteiger partial charge in [-0.15, -0.1) is 11.3 Å². The quantitative estimate of drug-likeness (QED) is 0.210. The molecular formula is C30H35F3N4O5S. The van der Waals surface area contributed by atoms with Crippen LogP contribution in [0.15, 0.2) is 54.6 Å². The maximum Gasteiger partial charge on any atom is 0.490 e. The molecule has 1 aromatic heterocycles. The molecule has 1 fully saturated rings. The topological polar surface area (TPSA) is 143 Å². The van der Waals surface area contributed by atoms with E-state index in [0.29, 0.717) is 50.3 Å². The number of Topliss-reactive ketones (excluding diaryl/α,β-unsaturated/α-hetero) is 1. The molecule has 1 aliphatic heterocycles. The van der Waals surface area contributed by atoms with Crippen molar-refractivity contribution in [2.45, 2.75) is 57.2 Å². The molecule has 0 radical (unpaired) electrons. The average molecular weight is 621 g/mol. The van der Waals surface area contributed by atoms with Gasteiger partial charge in [-0.2, -0.15) is 13.2 Å². The molecule has 0 aliphatic carbocycles. The molecule has 13 heteroatoms. The van der Waals surface area contributed by atoms with E-state index in [0.717, 1.165) is 35.0 Å². The fraction of sp³-hybridized carbons (Fsp3) is 0.433. The highest BCUT2D eigenvalue weighted by atomic mass is 32.1. The fourth-order valence-electron chi connectivity index (χ4n) is 4.65. The van der Waals surface area contributed by atoms with Crippen LogP contribution in [-0.4, -0.2) is 70.4 Å². The summed E-state index contributed by atoms with van der Waals surface area (Å²) >= 11 is 1.35. The van der Waals surface area contributed by atoms with Crippen LogP contribution in [0.5, 0.6) is 0 Å². The van der Waals surface area contributed by atoms with Crippen LogP contribution < -0.4 is 11.1 Å². The summed E-state index contributed by atoms with van der Waals surface area (Å²) in [6.07, 6.45) is -0.440. The summed E-state index contributed by atoms with van der Waals surface area (Å²) in [6.45, 7) is 1.60. The largest absolute Gasteiger partial charge is 0.490 e. The minimum absolute atomic E-state index is 0.0707. The molecule has 0 saturated carbocycles. The van der Waals surface area contributed by atoms with E-state index in [2.05, 4.69) is 10.3 Å². The van der Waals surface area contributed by atoms with Gasteiger partial charge < -0.3 is 21.1 Å². The minimum atomic E-state index is -5.08. The van der Waals surface area contributed by atoms with Gasteiger partial charge in [0.15, 0.2) is 5.01 Å². The number of aromatic nitrogens is 1. The lowest BCUT2D eigenvalue weighted by atomic mass is 9.95. The zero-order valence-corrected chi connectivity index (χ0v) is 24.3. The lowest BCUT2D eigenvalue weighted by molar-refractivity contribution is -0.192. The molecule has 4 rings (SSSR count). The number of carboxylic acid groups (broad SMARTS) is 1. The number of nitrogens with zero attached hydrogens (tertiary/aromatic N) is 2. The number of fused-ring (bicyclic) bond motifs is 1. The molecule has 0 spiro atoms. The molecule has 9 nitrogen and oxygen atoms in total. The van der Waals surface area contributed by atoms with Gasteiger partial charge in [0.1, 0.15) is 0 Å². The van der Waals surface area contributed by atoms with E-state index in [-0.39, 0.29) is 23.5 Å². The molecule has 2 aromatic carbocycles. The number of nitrogens with one attached hydrogen (secondary N) is 1. The van der Waals surface area contributed by atoms with E-state index >= 15 is 0 Å². The lowest BCUT2D eigenvalue weighted by Crippen LogP contribution is -2.49. The van der Waals surface area contributed by atoms with Crippen molar-refractivity contribution >= 4 is 45.1 Å². The number of likely N-dealkylation sites (tertiary alicyclic amines) is 1. The maximum atomic E-state index is 13.4. The van der Waals surface area contributed by atoms with Crippen LogP contribution in [0.1, 0.15) is 53.9 Å². The Labute approximate surface area is 251 Å². The Morgan fingerprint density at radius 2 is 1.74 bits per heavy atom. The van der Waals surface area contributed by atoms with Gasteiger partial charge in [-0.1, -0.05) is 42.5 Å². The second-order valence-corrected chi connectivity index (χ2v) is 11.2. The van der Waals surface area contributed by atoms with Crippen molar-refractivity contribution in [3.05, 3.63) is 65.2 Å². The number of para-hydroxylation sites is 1. The van der Waals surface area contributed by atoms with Crippen molar-refractivity contribution in [2.24, 2.45) is 11.7 Å². The Morgan fingerprint density at radius 1 is 1.07 bits per heavy atom. The third-order valence-corrected chi connectivity index (χ3v) is 7.99. The number of nitrogens with two attached hydrogens (primary N) is 1. The number of alkyl halides is 3. The molecule has 43 heavy (non-hydrogen) atoms. The molecule has 2 heterocycles. The molecular weight excluding hydrogens is 585 g/mol. The number of rotatable bonds is 11. The highest BCUT2D eigenvalue weighted by Crippen LogP contribution is 2.24. The van der Waals surface area contributed by atoms with Crippen molar-refractivity contribution in [1.82, 2.24) is 15.2 Å². The Kier molecular flexibility index (Phi) is 12.6. The standard InChI is InChI=1S/C28H34N4O3S.C2HF3O2/c29-17-7-6-13-23(26(34)28-31-22-12-4-5-14-24(22)36-28)30-27(35)21-11-8-18-32(19-21)25(33)16-15-20-9-2-1-3-10-20;3-2(4,5)1(6)7/h1-5,9-10,12,14,21,23H,6-8,11,13,15-19,29H2,(H,30,35);(H,6,7)/t21-,23?;/m1./s1. The van der Waals surface area contributed by atoms with Crippen LogP contribution in [0.25, 0.3) is 10.2 Å². The number of unbranched alkanes of at least 4 members (excludes halogenated alkanes) is 1. The van der Waals surface area contributed by atoms with Crippen LogP contribution in [0.2, 0.25) is 0 Å². The number of hydrogen-bond acceptors (Lipinski definition) is 7. The second kappa shape index (κ2) is 16.1. The minimum Gasteiger partial charge on any atom is -0.475 e. The van der Waals surface area contributed by atoms with Crippen molar-refractivity contribution < 1.29 is 37.5 Å². The smallest absolute Gasteiger partial charge is 0.475 e. The number of aryl methyl sites for hydroxylation is 1. The number of benzene rings is 2. The first kappa shape index (κ1) is 33.7. The van der Waals surface area contributed by atoms with E-state index in [1.165, 1.54) is 11.3 Å². The number of halogens is 3. The first-order valence-corrected chi connectivity index (χ1v) is 14.8. The fourth-order valence-corrected chi connectivity index (χ4v) is 5.61. The molecule has 2 amide bonds. The molecule has 2 atom stereocenters. The monoisotopic (exact) mass is 620 g/mol. The summed E-state index contributed by atoms with van der Waals surface area (Å²) in [6, 6.07) is 16.9. The number of thiazole rings is 1. The molecule has 232 valence electrons. The van der Waals surface area contributed by atoms with Crippen LogP contribution in [0.3, 0.4) is 0 Å². The number of carboxylic acids is 1. The van der Waals surface area contributed by atoms with E-state index in [1.807, 2.05) is 54.6 Å². The van der Waals surface area contributed by atoms with Gasteiger partial charge in [-0.3, -0.25) is 14.4 Å². The number of ketones is 1. The molecule has 1 aliphatic rings. The van der Waals surface area contributed by atoms with E-state index in [4.69, 9.17) is 15.6 Å². The van der Waals surface area contributed by atoms with Gasteiger partial charge in [-0.05, 0) is 62.8 Å².